The van der Waals surface area contributed by atoms with Gasteiger partial charge in [0.2, 0.25) is 0 Å². The number of fused-ring (bicyclic) bond motifs is 1. The van der Waals surface area contributed by atoms with Gasteiger partial charge in [-0.3, -0.25) is 0 Å². The monoisotopic (exact) mass is 424 g/mol. The minimum Gasteiger partial charge on any atom is -0.444 e. The van der Waals surface area contributed by atoms with Crippen LogP contribution in [0.5, 0.6) is 0 Å². The summed E-state index contributed by atoms with van der Waals surface area (Å²) in [4.78, 5) is 14.2. The zero-order chi connectivity index (χ0) is 21.6. The van der Waals surface area contributed by atoms with E-state index >= 15 is 0 Å². The molecule has 0 aromatic heterocycles. The van der Waals surface area contributed by atoms with Crippen molar-refractivity contribution in [3.05, 3.63) is 35.1 Å². The number of nitrogens with zero attached hydrogens (tertiary/aromatic N) is 1. The number of likely N-dealkylation sites (tertiary alicyclic amines) is 1. The molecule has 1 fully saturated rings. The van der Waals surface area contributed by atoms with Crippen LogP contribution in [-0.2, 0) is 22.1 Å². The van der Waals surface area contributed by atoms with Gasteiger partial charge in [-0.15, -0.1) is 0 Å². The van der Waals surface area contributed by atoms with Crippen molar-refractivity contribution in [3.8, 4) is 0 Å². The average molecular weight is 425 g/mol. The SMILES string of the molecule is CC(C)(C)OC(=O)N1CCC2(CC1)Cc1cc(F)ccc1[C@H]2N[S@](=O)C(C)(C)C. The number of piperidine rings is 1. The summed E-state index contributed by atoms with van der Waals surface area (Å²) in [6.45, 7) is 12.6. The standard InChI is InChI=1S/C22H33FN2O3S/c1-20(2,3)28-19(26)25-11-9-22(10-12-25)14-15-13-16(23)7-8-17(15)18(22)24-29(27)21(4,5)6/h7-8,13,18,24H,9-12,14H2,1-6H3/t18-,29-/m1/s1. The van der Waals surface area contributed by atoms with Crippen molar-refractivity contribution >= 4 is 17.1 Å². The molecule has 1 saturated heterocycles. The second-order valence-electron chi connectivity index (χ2n) is 10.3. The van der Waals surface area contributed by atoms with Crippen molar-refractivity contribution in [1.29, 1.82) is 0 Å². The van der Waals surface area contributed by atoms with E-state index in [0.717, 1.165) is 30.4 Å². The molecule has 1 aliphatic heterocycles. The zero-order valence-electron chi connectivity index (χ0n) is 18.3. The molecule has 0 bridgehead atoms. The first-order valence-electron chi connectivity index (χ1n) is 10.3. The van der Waals surface area contributed by atoms with Crippen LogP contribution < -0.4 is 4.72 Å². The molecule has 29 heavy (non-hydrogen) atoms. The molecular weight excluding hydrogens is 391 g/mol. The smallest absolute Gasteiger partial charge is 0.410 e. The fraction of sp³-hybridized carbons (Fsp3) is 0.682. The Morgan fingerprint density at radius 1 is 1.21 bits per heavy atom. The van der Waals surface area contributed by atoms with E-state index in [4.69, 9.17) is 4.74 Å². The van der Waals surface area contributed by atoms with Crippen molar-refractivity contribution in [1.82, 2.24) is 9.62 Å². The van der Waals surface area contributed by atoms with Crippen LogP contribution in [0.25, 0.3) is 0 Å². The predicted octanol–water partition coefficient (Wildman–Crippen LogP) is 4.49. The maximum absolute atomic E-state index is 13.9. The summed E-state index contributed by atoms with van der Waals surface area (Å²) in [6, 6.07) is 4.76. The lowest BCUT2D eigenvalue weighted by Crippen LogP contribution is -2.49. The Balaban J connectivity index is 1.82. The fourth-order valence-electron chi connectivity index (χ4n) is 4.22. The lowest BCUT2D eigenvalue weighted by Gasteiger charge is -2.44. The second kappa shape index (κ2) is 7.65. The number of halogens is 1. The van der Waals surface area contributed by atoms with Crippen LogP contribution in [0.15, 0.2) is 18.2 Å². The molecule has 1 aromatic carbocycles. The van der Waals surface area contributed by atoms with Crippen LogP contribution in [0.1, 0.15) is 71.6 Å². The fourth-order valence-corrected chi connectivity index (χ4v) is 5.16. The van der Waals surface area contributed by atoms with Gasteiger partial charge in [0.15, 0.2) is 0 Å². The third-order valence-electron chi connectivity index (χ3n) is 5.76. The minimum atomic E-state index is -1.25. The van der Waals surface area contributed by atoms with Gasteiger partial charge in [0, 0.05) is 13.1 Å². The molecule has 1 aromatic rings. The topological polar surface area (TPSA) is 58.6 Å². The van der Waals surface area contributed by atoms with E-state index in [2.05, 4.69) is 4.72 Å². The number of carbonyl (C=O) groups is 1. The maximum Gasteiger partial charge on any atom is 0.410 e. The van der Waals surface area contributed by atoms with Crippen LogP contribution in [0, 0.1) is 11.2 Å². The van der Waals surface area contributed by atoms with E-state index < -0.39 is 21.3 Å². The van der Waals surface area contributed by atoms with Crippen molar-refractivity contribution in [2.45, 2.75) is 77.2 Å². The van der Waals surface area contributed by atoms with Gasteiger partial charge in [-0.25, -0.2) is 18.1 Å². The van der Waals surface area contributed by atoms with E-state index in [9.17, 15) is 13.4 Å². The number of benzene rings is 1. The third kappa shape index (κ3) is 4.82. The zero-order valence-corrected chi connectivity index (χ0v) is 19.1. The molecule has 5 nitrogen and oxygen atoms in total. The first-order chi connectivity index (χ1) is 13.3. The third-order valence-corrected chi connectivity index (χ3v) is 7.33. The Morgan fingerprint density at radius 2 is 1.83 bits per heavy atom. The number of hydrogen-bond donors (Lipinski definition) is 1. The van der Waals surface area contributed by atoms with Gasteiger partial charge in [-0.05, 0) is 89.5 Å². The highest BCUT2D eigenvalue weighted by molar-refractivity contribution is 7.84. The first-order valence-corrected chi connectivity index (χ1v) is 11.4. The number of carbonyl (C=O) groups excluding carboxylic acids is 1. The van der Waals surface area contributed by atoms with Gasteiger partial charge in [0.25, 0.3) is 0 Å². The number of ether oxygens (including phenoxy) is 1. The molecule has 3 rings (SSSR count). The van der Waals surface area contributed by atoms with Crippen LogP contribution in [-0.4, -0.2) is 38.6 Å². The summed E-state index contributed by atoms with van der Waals surface area (Å²) in [6.07, 6.45) is 1.93. The summed E-state index contributed by atoms with van der Waals surface area (Å²) in [5.41, 5.74) is 1.28. The van der Waals surface area contributed by atoms with Gasteiger partial charge in [-0.2, -0.15) is 0 Å². The van der Waals surface area contributed by atoms with Gasteiger partial charge in [0.05, 0.1) is 21.8 Å². The normalized spacial score (nSPS) is 22.4. The molecule has 0 radical (unpaired) electrons. The Kier molecular flexibility index (Phi) is 5.86. The van der Waals surface area contributed by atoms with Crippen LogP contribution in [0.4, 0.5) is 9.18 Å². The molecular formula is C22H33FN2O3S. The average Bonchev–Trinajstić information content (AvgIpc) is 2.85. The molecule has 7 heteroatoms. The van der Waals surface area contributed by atoms with Crippen molar-refractivity contribution in [3.63, 3.8) is 0 Å². The van der Waals surface area contributed by atoms with Gasteiger partial charge in [0.1, 0.15) is 11.4 Å². The molecule has 2 aliphatic rings. The molecule has 0 unspecified atom stereocenters. The van der Waals surface area contributed by atoms with E-state index in [1.165, 1.54) is 6.07 Å². The van der Waals surface area contributed by atoms with E-state index in [1.54, 1.807) is 11.0 Å². The van der Waals surface area contributed by atoms with Crippen molar-refractivity contribution < 1.29 is 18.1 Å². The summed E-state index contributed by atoms with van der Waals surface area (Å²) >= 11 is 0. The Bertz CT molecular complexity index is 805. The highest BCUT2D eigenvalue weighted by atomic mass is 32.2. The second-order valence-corrected chi connectivity index (χ2v) is 12.3. The van der Waals surface area contributed by atoms with Crippen molar-refractivity contribution in [2.75, 3.05) is 13.1 Å². The molecule has 162 valence electrons. The molecule has 1 aliphatic carbocycles. The van der Waals surface area contributed by atoms with Gasteiger partial charge in [-0.1, -0.05) is 6.07 Å². The summed E-state index contributed by atoms with van der Waals surface area (Å²) < 4.78 is 35.2. The predicted molar refractivity (Wildman–Crippen MR) is 113 cm³/mol. The molecule has 1 heterocycles. The highest BCUT2D eigenvalue weighted by Crippen LogP contribution is 2.52. The lowest BCUT2D eigenvalue weighted by atomic mass is 9.73. The largest absolute Gasteiger partial charge is 0.444 e. The van der Waals surface area contributed by atoms with Crippen LogP contribution >= 0.6 is 0 Å². The van der Waals surface area contributed by atoms with E-state index in [-0.39, 0.29) is 23.4 Å². The highest BCUT2D eigenvalue weighted by Gasteiger charge is 2.49. The van der Waals surface area contributed by atoms with E-state index in [0.29, 0.717) is 13.1 Å². The molecule has 1 N–H and O–H groups in total. The van der Waals surface area contributed by atoms with Crippen LogP contribution in [0.3, 0.4) is 0 Å². The first kappa shape index (κ1) is 22.2. The number of amides is 1. The quantitative estimate of drug-likeness (QED) is 0.761. The van der Waals surface area contributed by atoms with Crippen molar-refractivity contribution in [2.24, 2.45) is 5.41 Å². The molecule has 2 atom stereocenters. The lowest BCUT2D eigenvalue weighted by molar-refractivity contribution is 0.00724. The molecule has 1 amide bonds. The van der Waals surface area contributed by atoms with E-state index in [1.807, 2.05) is 47.6 Å². The number of nitrogens with one attached hydrogen (secondary N) is 1. The maximum atomic E-state index is 13.9. The Morgan fingerprint density at radius 3 is 2.38 bits per heavy atom. The molecule has 1 spiro atoms. The minimum absolute atomic E-state index is 0.126. The summed E-state index contributed by atoms with van der Waals surface area (Å²) in [5, 5.41) is 0. The number of rotatable bonds is 2. The van der Waals surface area contributed by atoms with Gasteiger partial charge < -0.3 is 9.64 Å². The number of hydrogen-bond acceptors (Lipinski definition) is 3. The van der Waals surface area contributed by atoms with Gasteiger partial charge >= 0.3 is 6.09 Å². The Labute approximate surface area is 176 Å². The Hall–Kier alpha value is -1.47. The molecule has 0 saturated carbocycles. The van der Waals surface area contributed by atoms with Crippen LogP contribution in [0.2, 0.25) is 0 Å². The summed E-state index contributed by atoms with van der Waals surface area (Å²) in [7, 11) is -1.25. The summed E-state index contributed by atoms with van der Waals surface area (Å²) in [5.74, 6) is -0.248.